The number of hydrogen-bond acceptors (Lipinski definition) is 3. The van der Waals surface area contributed by atoms with Crippen molar-refractivity contribution in [1.82, 2.24) is 5.32 Å². The highest BCUT2D eigenvalue weighted by atomic mass is 32.2. The van der Waals surface area contributed by atoms with E-state index in [2.05, 4.69) is 12.2 Å². The lowest BCUT2D eigenvalue weighted by molar-refractivity contribution is 0.397. The summed E-state index contributed by atoms with van der Waals surface area (Å²) in [6.45, 7) is 4.24. The standard InChI is InChI=1S/C14H29NO2S/c1-4-6-13-7-5-8-14(10-9-13)15-12(2)11-18(3,16)17/h12-15H,4-11H2,1-3H3. The van der Waals surface area contributed by atoms with E-state index in [0.717, 1.165) is 5.92 Å². The van der Waals surface area contributed by atoms with Gasteiger partial charge in [-0.05, 0) is 32.1 Å². The molecule has 0 amide bonds. The molecule has 108 valence electrons. The summed E-state index contributed by atoms with van der Waals surface area (Å²) in [5.74, 6) is 1.15. The van der Waals surface area contributed by atoms with Crippen molar-refractivity contribution >= 4 is 9.84 Å². The normalized spacial score (nSPS) is 27.7. The van der Waals surface area contributed by atoms with Crippen molar-refractivity contribution in [3.8, 4) is 0 Å². The Balaban J connectivity index is 2.35. The summed E-state index contributed by atoms with van der Waals surface area (Å²) < 4.78 is 22.5. The van der Waals surface area contributed by atoms with Crippen molar-refractivity contribution in [1.29, 1.82) is 0 Å². The van der Waals surface area contributed by atoms with Gasteiger partial charge in [-0.15, -0.1) is 0 Å². The van der Waals surface area contributed by atoms with E-state index in [1.165, 1.54) is 51.2 Å². The van der Waals surface area contributed by atoms with Gasteiger partial charge in [0.05, 0.1) is 5.75 Å². The molecule has 0 aromatic rings. The molecule has 0 saturated heterocycles. The second kappa shape index (κ2) is 7.49. The predicted octanol–water partition coefficient (Wildman–Crippen LogP) is 2.76. The van der Waals surface area contributed by atoms with Crippen LogP contribution in [-0.4, -0.2) is 32.5 Å². The van der Waals surface area contributed by atoms with Crippen LogP contribution in [0.25, 0.3) is 0 Å². The molecule has 1 aliphatic rings. The maximum Gasteiger partial charge on any atom is 0.148 e. The van der Waals surface area contributed by atoms with E-state index >= 15 is 0 Å². The van der Waals surface area contributed by atoms with Gasteiger partial charge in [0.2, 0.25) is 0 Å². The van der Waals surface area contributed by atoms with Crippen LogP contribution >= 0.6 is 0 Å². The van der Waals surface area contributed by atoms with Crippen molar-refractivity contribution in [2.75, 3.05) is 12.0 Å². The first-order chi connectivity index (χ1) is 8.40. The summed E-state index contributed by atoms with van der Waals surface area (Å²) in [5.41, 5.74) is 0. The Morgan fingerprint density at radius 1 is 1.22 bits per heavy atom. The lowest BCUT2D eigenvalue weighted by Gasteiger charge is -2.21. The van der Waals surface area contributed by atoms with Crippen molar-refractivity contribution in [2.24, 2.45) is 5.92 Å². The maximum atomic E-state index is 11.2. The van der Waals surface area contributed by atoms with Gasteiger partial charge in [-0.25, -0.2) is 8.42 Å². The third-order valence-electron chi connectivity index (χ3n) is 3.86. The topological polar surface area (TPSA) is 46.2 Å². The zero-order chi connectivity index (χ0) is 13.6. The third-order valence-corrected chi connectivity index (χ3v) is 4.96. The molecule has 3 unspecified atom stereocenters. The van der Waals surface area contributed by atoms with Crippen LogP contribution < -0.4 is 5.32 Å². The Morgan fingerprint density at radius 2 is 1.94 bits per heavy atom. The van der Waals surface area contributed by atoms with E-state index in [1.807, 2.05) is 6.92 Å². The summed E-state index contributed by atoms with van der Waals surface area (Å²) in [5, 5.41) is 3.50. The van der Waals surface area contributed by atoms with E-state index in [9.17, 15) is 8.42 Å². The summed E-state index contributed by atoms with van der Waals surface area (Å²) in [6, 6.07) is 0.594. The number of sulfone groups is 1. The summed E-state index contributed by atoms with van der Waals surface area (Å²) in [6.07, 6.45) is 10.3. The van der Waals surface area contributed by atoms with Gasteiger partial charge in [0.25, 0.3) is 0 Å². The van der Waals surface area contributed by atoms with Gasteiger partial charge in [0.15, 0.2) is 0 Å². The van der Waals surface area contributed by atoms with Gasteiger partial charge in [-0.3, -0.25) is 0 Å². The monoisotopic (exact) mass is 275 g/mol. The molecular formula is C14H29NO2S. The Kier molecular flexibility index (Phi) is 6.64. The minimum Gasteiger partial charge on any atom is -0.310 e. The highest BCUT2D eigenvalue weighted by molar-refractivity contribution is 7.90. The average Bonchev–Trinajstić information content (AvgIpc) is 2.42. The fourth-order valence-electron chi connectivity index (χ4n) is 3.15. The van der Waals surface area contributed by atoms with Crippen LogP contribution in [0.1, 0.15) is 58.8 Å². The smallest absolute Gasteiger partial charge is 0.148 e. The molecule has 1 saturated carbocycles. The lowest BCUT2D eigenvalue weighted by atomic mass is 9.95. The van der Waals surface area contributed by atoms with Crippen molar-refractivity contribution in [2.45, 2.75) is 70.9 Å². The zero-order valence-corrected chi connectivity index (χ0v) is 12.9. The van der Waals surface area contributed by atoms with E-state index < -0.39 is 9.84 Å². The molecule has 1 N–H and O–H groups in total. The molecule has 0 heterocycles. The van der Waals surface area contributed by atoms with Crippen LogP contribution in [-0.2, 0) is 9.84 Å². The van der Waals surface area contributed by atoms with Crippen LogP contribution in [0, 0.1) is 5.92 Å². The van der Waals surface area contributed by atoms with Gasteiger partial charge in [0, 0.05) is 18.3 Å². The Hall–Kier alpha value is -0.0900. The summed E-state index contributed by atoms with van der Waals surface area (Å²) in [4.78, 5) is 0. The second-order valence-electron chi connectivity index (χ2n) is 6.02. The quantitative estimate of drug-likeness (QED) is 0.758. The minimum absolute atomic E-state index is 0.0766. The molecule has 3 nitrogen and oxygen atoms in total. The summed E-state index contributed by atoms with van der Waals surface area (Å²) >= 11 is 0. The maximum absolute atomic E-state index is 11.2. The van der Waals surface area contributed by atoms with Gasteiger partial charge in [-0.2, -0.15) is 0 Å². The SMILES string of the molecule is CCCC1CCCC(NC(C)CS(C)(=O)=O)CC1. The molecule has 1 rings (SSSR count). The first kappa shape index (κ1) is 16.0. The molecule has 0 radical (unpaired) electrons. The van der Waals surface area contributed by atoms with Crippen molar-refractivity contribution in [3.63, 3.8) is 0 Å². The Morgan fingerprint density at radius 3 is 2.56 bits per heavy atom. The average molecular weight is 275 g/mol. The van der Waals surface area contributed by atoms with E-state index in [4.69, 9.17) is 0 Å². The fraction of sp³-hybridized carbons (Fsp3) is 1.00. The van der Waals surface area contributed by atoms with Gasteiger partial charge in [0.1, 0.15) is 9.84 Å². The van der Waals surface area contributed by atoms with Crippen LogP contribution in [0.15, 0.2) is 0 Å². The molecule has 0 bridgehead atoms. The molecule has 0 aliphatic heterocycles. The van der Waals surface area contributed by atoms with E-state index in [1.54, 1.807) is 0 Å². The second-order valence-corrected chi connectivity index (χ2v) is 8.20. The molecule has 0 aromatic carbocycles. The first-order valence-corrected chi connectivity index (χ1v) is 9.40. The molecule has 1 aliphatic carbocycles. The number of rotatable bonds is 6. The van der Waals surface area contributed by atoms with Crippen LogP contribution in [0.4, 0.5) is 0 Å². The van der Waals surface area contributed by atoms with Gasteiger partial charge in [-0.1, -0.05) is 32.6 Å². The van der Waals surface area contributed by atoms with E-state index in [-0.39, 0.29) is 11.8 Å². The van der Waals surface area contributed by atoms with Crippen LogP contribution in [0.3, 0.4) is 0 Å². The fourth-order valence-corrected chi connectivity index (χ4v) is 4.15. The predicted molar refractivity (Wildman–Crippen MR) is 77.6 cm³/mol. The van der Waals surface area contributed by atoms with Gasteiger partial charge < -0.3 is 5.32 Å². The number of nitrogens with one attached hydrogen (secondary N) is 1. The molecule has 18 heavy (non-hydrogen) atoms. The largest absolute Gasteiger partial charge is 0.310 e. The highest BCUT2D eigenvalue weighted by Crippen LogP contribution is 2.26. The minimum atomic E-state index is -2.87. The molecule has 1 fully saturated rings. The van der Waals surface area contributed by atoms with E-state index in [0.29, 0.717) is 6.04 Å². The number of hydrogen-bond donors (Lipinski definition) is 1. The van der Waals surface area contributed by atoms with Crippen LogP contribution in [0.5, 0.6) is 0 Å². The van der Waals surface area contributed by atoms with Gasteiger partial charge >= 0.3 is 0 Å². The third kappa shape index (κ3) is 6.74. The molecule has 3 atom stereocenters. The molecule has 4 heteroatoms. The van der Waals surface area contributed by atoms with Crippen LogP contribution in [0.2, 0.25) is 0 Å². The zero-order valence-electron chi connectivity index (χ0n) is 12.1. The van der Waals surface area contributed by atoms with Crippen molar-refractivity contribution < 1.29 is 8.42 Å². The molecule has 0 spiro atoms. The Labute approximate surface area is 113 Å². The lowest BCUT2D eigenvalue weighted by Crippen LogP contribution is -2.40. The highest BCUT2D eigenvalue weighted by Gasteiger charge is 2.20. The van der Waals surface area contributed by atoms with Crippen molar-refractivity contribution in [3.05, 3.63) is 0 Å². The first-order valence-electron chi connectivity index (χ1n) is 7.34. The summed E-state index contributed by atoms with van der Waals surface area (Å²) in [7, 11) is -2.87. The molecular weight excluding hydrogens is 246 g/mol. The molecule has 0 aromatic heterocycles. The Bertz CT molecular complexity index is 327.